The average molecular weight is 358 g/mol. The highest BCUT2D eigenvalue weighted by Gasteiger charge is 2.22. The Morgan fingerprint density at radius 3 is 2.52 bits per heavy atom. The van der Waals surface area contributed by atoms with Crippen LogP contribution >= 0.6 is 0 Å². The smallest absolute Gasteiger partial charge is 0.229 e. The van der Waals surface area contributed by atoms with Crippen LogP contribution in [0.15, 0.2) is 54.6 Å². The van der Waals surface area contributed by atoms with Gasteiger partial charge in [-0.25, -0.2) is 4.98 Å². The minimum absolute atomic E-state index is 0.0458. The Hall–Kier alpha value is -2.88. The van der Waals surface area contributed by atoms with E-state index in [1.807, 2.05) is 13.0 Å². The molecule has 2 heterocycles. The van der Waals surface area contributed by atoms with Gasteiger partial charge in [-0.15, -0.1) is 0 Å². The molecule has 0 radical (unpaired) electrons. The molecule has 0 spiro atoms. The van der Waals surface area contributed by atoms with Gasteiger partial charge in [0.25, 0.3) is 0 Å². The Labute approximate surface area is 161 Å². The third kappa shape index (κ3) is 3.52. The summed E-state index contributed by atoms with van der Waals surface area (Å²) in [6.07, 6.45) is 1.05. The lowest BCUT2D eigenvalue weighted by Gasteiger charge is -2.24. The summed E-state index contributed by atoms with van der Waals surface area (Å²) in [4.78, 5) is 11.7. The fraction of sp³-hybridized carbons (Fsp3) is 0.304. The van der Waals surface area contributed by atoms with Gasteiger partial charge in [0.05, 0.1) is 0 Å². The van der Waals surface area contributed by atoms with Gasteiger partial charge in [0, 0.05) is 29.7 Å². The number of anilines is 4. The van der Waals surface area contributed by atoms with Gasteiger partial charge in [0.1, 0.15) is 5.82 Å². The van der Waals surface area contributed by atoms with Gasteiger partial charge in [0.2, 0.25) is 5.95 Å². The number of aromatic nitrogens is 2. The van der Waals surface area contributed by atoms with Gasteiger partial charge >= 0.3 is 0 Å². The standard InChI is InChI=1S/C23H26N4/c1-16-15-21(27-14-13-17-9-5-8-12-20(17)27)26-22(24-16)25-19-11-7-6-10-18(19)23(2,3)4/h5-12,15H,13-14H2,1-4H3,(H,24,25,26). The number of fused-ring (bicyclic) bond motifs is 1. The first-order chi connectivity index (χ1) is 12.9. The second-order valence-electron chi connectivity index (χ2n) is 8.14. The first-order valence-corrected chi connectivity index (χ1v) is 9.49. The highest BCUT2D eigenvalue weighted by Crippen LogP contribution is 2.35. The maximum absolute atomic E-state index is 4.84. The van der Waals surface area contributed by atoms with Crippen molar-refractivity contribution in [2.24, 2.45) is 0 Å². The van der Waals surface area contributed by atoms with Crippen LogP contribution in [0.2, 0.25) is 0 Å². The molecule has 4 heteroatoms. The van der Waals surface area contributed by atoms with Gasteiger partial charge in [-0.1, -0.05) is 57.2 Å². The number of nitrogens with zero attached hydrogens (tertiary/aromatic N) is 3. The molecule has 0 atom stereocenters. The Bertz CT molecular complexity index is 972. The summed E-state index contributed by atoms with van der Waals surface area (Å²) in [7, 11) is 0. The van der Waals surface area contributed by atoms with E-state index in [2.05, 4.69) is 84.5 Å². The molecule has 1 aliphatic rings. The van der Waals surface area contributed by atoms with Crippen LogP contribution in [-0.2, 0) is 11.8 Å². The fourth-order valence-corrected chi connectivity index (χ4v) is 3.69. The van der Waals surface area contributed by atoms with E-state index in [1.165, 1.54) is 16.8 Å². The molecule has 1 aliphatic heterocycles. The molecular formula is C23H26N4. The van der Waals surface area contributed by atoms with Crippen LogP contribution in [0.3, 0.4) is 0 Å². The molecule has 0 aliphatic carbocycles. The molecule has 0 amide bonds. The van der Waals surface area contributed by atoms with Crippen molar-refractivity contribution >= 4 is 23.1 Å². The monoisotopic (exact) mass is 358 g/mol. The summed E-state index contributed by atoms with van der Waals surface area (Å²) in [6, 6.07) is 19.0. The van der Waals surface area contributed by atoms with Crippen molar-refractivity contribution < 1.29 is 0 Å². The first kappa shape index (κ1) is 17.5. The van der Waals surface area contributed by atoms with E-state index in [0.29, 0.717) is 5.95 Å². The van der Waals surface area contributed by atoms with Crippen LogP contribution in [0.25, 0.3) is 0 Å². The number of hydrogen-bond acceptors (Lipinski definition) is 4. The molecule has 138 valence electrons. The lowest BCUT2D eigenvalue weighted by Crippen LogP contribution is -2.17. The van der Waals surface area contributed by atoms with E-state index in [4.69, 9.17) is 4.98 Å². The predicted molar refractivity (Wildman–Crippen MR) is 112 cm³/mol. The highest BCUT2D eigenvalue weighted by molar-refractivity contribution is 5.69. The van der Waals surface area contributed by atoms with Crippen molar-refractivity contribution in [3.8, 4) is 0 Å². The fourth-order valence-electron chi connectivity index (χ4n) is 3.69. The van der Waals surface area contributed by atoms with Crippen molar-refractivity contribution in [1.82, 2.24) is 9.97 Å². The molecule has 0 saturated heterocycles. The lowest BCUT2D eigenvalue weighted by molar-refractivity contribution is 0.592. The summed E-state index contributed by atoms with van der Waals surface area (Å²) < 4.78 is 0. The van der Waals surface area contributed by atoms with Gasteiger partial charge in [-0.2, -0.15) is 4.98 Å². The molecule has 4 nitrogen and oxygen atoms in total. The maximum Gasteiger partial charge on any atom is 0.229 e. The second kappa shape index (κ2) is 6.69. The zero-order valence-corrected chi connectivity index (χ0v) is 16.5. The number of aryl methyl sites for hydroxylation is 1. The SMILES string of the molecule is Cc1cc(N2CCc3ccccc32)nc(Nc2ccccc2C(C)(C)C)n1. The van der Waals surface area contributed by atoms with Gasteiger partial charge in [-0.05, 0) is 42.0 Å². The van der Waals surface area contributed by atoms with Crippen molar-refractivity contribution in [3.63, 3.8) is 0 Å². The zero-order chi connectivity index (χ0) is 19.0. The number of para-hydroxylation sites is 2. The topological polar surface area (TPSA) is 41.1 Å². The van der Waals surface area contributed by atoms with E-state index in [0.717, 1.165) is 30.2 Å². The maximum atomic E-state index is 4.84. The Balaban J connectivity index is 1.69. The molecule has 0 bridgehead atoms. The normalized spacial score (nSPS) is 13.6. The van der Waals surface area contributed by atoms with Crippen LogP contribution in [-0.4, -0.2) is 16.5 Å². The van der Waals surface area contributed by atoms with Gasteiger partial charge in [0.15, 0.2) is 0 Å². The minimum atomic E-state index is 0.0458. The van der Waals surface area contributed by atoms with Gasteiger partial charge < -0.3 is 10.2 Å². The van der Waals surface area contributed by atoms with E-state index in [1.54, 1.807) is 0 Å². The molecule has 1 N–H and O–H groups in total. The van der Waals surface area contributed by atoms with Crippen LogP contribution in [0.4, 0.5) is 23.1 Å². The van der Waals surface area contributed by atoms with Crippen molar-refractivity contribution in [3.05, 3.63) is 71.4 Å². The van der Waals surface area contributed by atoms with E-state index >= 15 is 0 Å². The molecule has 0 fully saturated rings. The average Bonchev–Trinajstić information content (AvgIpc) is 3.05. The third-order valence-electron chi connectivity index (χ3n) is 4.99. The Morgan fingerprint density at radius 1 is 0.963 bits per heavy atom. The van der Waals surface area contributed by atoms with Gasteiger partial charge in [-0.3, -0.25) is 0 Å². The summed E-state index contributed by atoms with van der Waals surface area (Å²) in [5, 5.41) is 3.46. The molecule has 3 aromatic rings. The van der Waals surface area contributed by atoms with E-state index < -0.39 is 0 Å². The number of nitrogens with one attached hydrogen (secondary N) is 1. The van der Waals surface area contributed by atoms with E-state index in [9.17, 15) is 0 Å². The molecule has 0 saturated carbocycles. The number of hydrogen-bond donors (Lipinski definition) is 1. The second-order valence-corrected chi connectivity index (χ2v) is 8.14. The third-order valence-corrected chi connectivity index (χ3v) is 4.99. The molecule has 2 aromatic carbocycles. The van der Waals surface area contributed by atoms with Crippen LogP contribution in [0.1, 0.15) is 37.6 Å². The highest BCUT2D eigenvalue weighted by atomic mass is 15.2. The molecular weight excluding hydrogens is 332 g/mol. The minimum Gasteiger partial charge on any atom is -0.326 e. The predicted octanol–water partition coefficient (Wildman–Crippen LogP) is 5.52. The summed E-state index contributed by atoms with van der Waals surface area (Å²) in [6.45, 7) is 9.63. The van der Waals surface area contributed by atoms with Crippen LogP contribution in [0.5, 0.6) is 0 Å². The summed E-state index contributed by atoms with van der Waals surface area (Å²) in [5.74, 6) is 1.59. The summed E-state index contributed by atoms with van der Waals surface area (Å²) in [5.41, 5.74) is 5.94. The quantitative estimate of drug-likeness (QED) is 0.669. The number of benzene rings is 2. The molecule has 0 unspecified atom stereocenters. The largest absolute Gasteiger partial charge is 0.326 e. The number of rotatable bonds is 3. The van der Waals surface area contributed by atoms with Crippen molar-refractivity contribution in [2.45, 2.75) is 39.5 Å². The zero-order valence-electron chi connectivity index (χ0n) is 16.5. The Kier molecular flexibility index (Phi) is 4.34. The van der Waals surface area contributed by atoms with Crippen LogP contribution < -0.4 is 10.2 Å². The molecule has 4 rings (SSSR count). The molecule has 1 aromatic heterocycles. The molecule has 27 heavy (non-hydrogen) atoms. The first-order valence-electron chi connectivity index (χ1n) is 9.49. The van der Waals surface area contributed by atoms with E-state index in [-0.39, 0.29) is 5.41 Å². The lowest BCUT2D eigenvalue weighted by atomic mass is 9.86. The summed E-state index contributed by atoms with van der Waals surface area (Å²) >= 11 is 0. The Morgan fingerprint density at radius 2 is 1.70 bits per heavy atom. The van der Waals surface area contributed by atoms with Crippen molar-refractivity contribution in [1.29, 1.82) is 0 Å². The van der Waals surface area contributed by atoms with Crippen LogP contribution in [0, 0.1) is 6.92 Å². The van der Waals surface area contributed by atoms with Crippen molar-refractivity contribution in [2.75, 3.05) is 16.8 Å².